The molecule has 0 spiro atoms. The monoisotopic (exact) mass is 806 g/mol. The second-order valence-electron chi connectivity index (χ2n) is 13.1. The number of carbonyl (C=O) groups excluding carboxylic acids is 2. The number of ether oxygens (including phenoxy) is 2. The van der Waals surface area contributed by atoms with E-state index in [9.17, 15) is 29.3 Å². The molecule has 0 saturated heterocycles. The van der Waals surface area contributed by atoms with Gasteiger partial charge in [0.05, 0.1) is 25.9 Å². The second-order valence-corrected chi connectivity index (χ2v) is 14.6. The molecular formula is C44H71O11P. The van der Waals surface area contributed by atoms with Crippen LogP contribution in [0.4, 0.5) is 0 Å². The second kappa shape index (κ2) is 38.7. The summed E-state index contributed by atoms with van der Waals surface area (Å²) in [6, 6.07) is 0. The highest BCUT2D eigenvalue weighted by Crippen LogP contribution is 2.43. The Morgan fingerprint density at radius 2 is 1.18 bits per heavy atom. The van der Waals surface area contributed by atoms with E-state index in [-0.39, 0.29) is 19.4 Å². The number of hydrogen-bond donors (Lipinski definition) is 4. The van der Waals surface area contributed by atoms with Crippen LogP contribution in [-0.4, -0.2) is 76.9 Å². The number of aliphatic hydroxyl groups is 3. The van der Waals surface area contributed by atoms with Crippen molar-refractivity contribution < 1.29 is 52.9 Å². The van der Waals surface area contributed by atoms with Crippen molar-refractivity contribution in [2.24, 2.45) is 0 Å². The topological polar surface area (TPSA) is 169 Å². The molecule has 0 aliphatic rings. The lowest BCUT2D eigenvalue weighted by atomic mass is 10.1. The molecule has 0 radical (unpaired) electrons. The lowest BCUT2D eigenvalue weighted by Gasteiger charge is -2.20. The van der Waals surface area contributed by atoms with Crippen molar-refractivity contribution in [1.29, 1.82) is 0 Å². The van der Waals surface area contributed by atoms with E-state index in [0.717, 1.165) is 44.9 Å². The van der Waals surface area contributed by atoms with Crippen LogP contribution in [0.5, 0.6) is 0 Å². The van der Waals surface area contributed by atoms with Crippen molar-refractivity contribution in [3.05, 3.63) is 97.2 Å². The molecule has 11 nitrogen and oxygen atoms in total. The number of rotatable bonds is 36. The number of hydrogen-bond acceptors (Lipinski definition) is 10. The number of phosphoric ester groups is 1. The molecule has 4 atom stereocenters. The van der Waals surface area contributed by atoms with Crippen molar-refractivity contribution in [2.75, 3.05) is 26.4 Å². The van der Waals surface area contributed by atoms with E-state index in [0.29, 0.717) is 32.1 Å². The Morgan fingerprint density at radius 3 is 1.82 bits per heavy atom. The van der Waals surface area contributed by atoms with Crippen LogP contribution in [0.2, 0.25) is 0 Å². The molecule has 0 heterocycles. The normalized spacial score (nSPS) is 15.5. The molecule has 0 amide bonds. The van der Waals surface area contributed by atoms with Crippen LogP contribution < -0.4 is 0 Å². The average Bonchev–Trinajstić information content (AvgIpc) is 3.18. The first-order chi connectivity index (χ1) is 27.1. The number of aliphatic hydroxyl groups excluding tert-OH is 3. The molecule has 0 aromatic carbocycles. The van der Waals surface area contributed by atoms with Gasteiger partial charge in [-0.1, -0.05) is 124 Å². The summed E-state index contributed by atoms with van der Waals surface area (Å²) in [5.74, 6) is -1.09. The molecule has 0 fully saturated rings. The Labute approximate surface area is 336 Å². The highest BCUT2D eigenvalue weighted by atomic mass is 31.2. The molecule has 2 unspecified atom stereocenters. The van der Waals surface area contributed by atoms with E-state index in [1.54, 1.807) is 6.08 Å². The van der Waals surface area contributed by atoms with Crippen LogP contribution in [0.3, 0.4) is 0 Å². The fourth-order valence-corrected chi connectivity index (χ4v) is 5.44. The van der Waals surface area contributed by atoms with Crippen molar-refractivity contribution in [2.45, 2.75) is 141 Å². The van der Waals surface area contributed by atoms with Crippen LogP contribution >= 0.6 is 7.82 Å². The molecule has 0 aliphatic heterocycles. The molecule has 0 bridgehead atoms. The Morgan fingerprint density at radius 1 is 0.625 bits per heavy atom. The Kier molecular flexibility index (Phi) is 36.5. The van der Waals surface area contributed by atoms with E-state index < -0.39 is 57.9 Å². The highest BCUT2D eigenvalue weighted by Gasteiger charge is 2.27. The number of esters is 2. The minimum Gasteiger partial charge on any atom is -0.462 e. The molecule has 0 aromatic heterocycles. The van der Waals surface area contributed by atoms with Gasteiger partial charge in [-0.25, -0.2) is 4.57 Å². The first-order valence-electron chi connectivity index (χ1n) is 20.3. The maximum absolute atomic E-state index is 12.6. The number of unbranched alkanes of at least 4 members (excludes halogenated alkanes) is 6. The summed E-state index contributed by atoms with van der Waals surface area (Å²) in [4.78, 5) is 34.9. The fourth-order valence-electron chi connectivity index (χ4n) is 4.65. The van der Waals surface area contributed by atoms with E-state index >= 15 is 0 Å². The highest BCUT2D eigenvalue weighted by molar-refractivity contribution is 7.47. The van der Waals surface area contributed by atoms with E-state index in [4.69, 9.17) is 19.1 Å². The van der Waals surface area contributed by atoms with E-state index in [1.807, 2.05) is 42.5 Å². The number of carbonyl (C=O) groups is 2. The van der Waals surface area contributed by atoms with Gasteiger partial charge in [0.15, 0.2) is 6.10 Å². The minimum atomic E-state index is -4.66. The predicted molar refractivity (Wildman–Crippen MR) is 225 cm³/mol. The smallest absolute Gasteiger partial charge is 0.462 e. The summed E-state index contributed by atoms with van der Waals surface area (Å²) in [7, 11) is -4.66. The number of allylic oxidation sites excluding steroid dienone is 14. The lowest BCUT2D eigenvalue weighted by Crippen LogP contribution is -2.29. The third-order valence-electron chi connectivity index (χ3n) is 7.80. The van der Waals surface area contributed by atoms with Gasteiger partial charge in [-0.15, -0.1) is 0 Å². The molecule has 0 aromatic rings. The standard InChI is InChI=1S/C44H71O11P/c1-3-5-7-9-11-12-13-14-15-16-17-18-23-27-31-35-44(49)55-42(39-54-56(50,51)53-37-41(47)36-45)38-52-43(48)34-30-26-22-20-19-21-25-29-33-40(46)32-28-24-10-8-6-4-2/h6,8,11-12,14-15,17-18,20-22,24-25,28-29,33,40-42,45-47H,3-5,7,9-10,13,16,19,23,26-27,30-32,34-39H2,1-2H3,(H,50,51)/b8-6-,12-11-,15-14-,18-17-,22-20-,25-21-,28-24-,33-29+/t40?,41-,42+/m0/s1. The number of phosphoric acid groups is 1. The molecule has 12 heteroatoms. The first kappa shape index (κ1) is 52.9. The van der Waals surface area contributed by atoms with Gasteiger partial charge in [-0.05, 0) is 83.5 Å². The zero-order chi connectivity index (χ0) is 41.4. The SMILES string of the molecule is CC/C=C\C/C=C\CC(O)/C=C/C=C\C/C=C\CCCC(=O)OC[C@H](COP(=O)(O)OC[C@@H](O)CO)OC(=O)CCCC/C=C\C/C=C\C/C=C\CCCCC. The summed E-state index contributed by atoms with van der Waals surface area (Å²) in [5.41, 5.74) is 0. The summed E-state index contributed by atoms with van der Waals surface area (Å²) < 4.78 is 32.5. The zero-order valence-corrected chi connectivity index (χ0v) is 34.8. The van der Waals surface area contributed by atoms with Gasteiger partial charge in [-0.2, -0.15) is 0 Å². The van der Waals surface area contributed by atoms with Crippen LogP contribution in [0.1, 0.15) is 123 Å². The Balaban J connectivity index is 4.59. The Hall–Kier alpha value is -3.15. The van der Waals surface area contributed by atoms with Gasteiger partial charge < -0.3 is 29.7 Å². The molecule has 56 heavy (non-hydrogen) atoms. The van der Waals surface area contributed by atoms with Crippen LogP contribution in [0.15, 0.2) is 97.2 Å². The molecular weight excluding hydrogens is 735 g/mol. The fraction of sp³-hybridized carbons (Fsp3) is 0.591. The van der Waals surface area contributed by atoms with Gasteiger partial charge in [-0.3, -0.25) is 18.6 Å². The summed E-state index contributed by atoms with van der Waals surface area (Å²) in [6.45, 7) is 2.00. The first-order valence-corrected chi connectivity index (χ1v) is 21.8. The maximum Gasteiger partial charge on any atom is 0.472 e. The van der Waals surface area contributed by atoms with Crippen molar-refractivity contribution in [3.63, 3.8) is 0 Å². The predicted octanol–water partition coefficient (Wildman–Crippen LogP) is 9.41. The summed E-state index contributed by atoms with van der Waals surface area (Å²) >= 11 is 0. The molecule has 0 saturated carbocycles. The summed E-state index contributed by atoms with van der Waals surface area (Å²) in [6.07, 6.45) is 42.7. The van der Waals surface area contributed by atoms with Gasteiger partial charge in [0.25, 0.3) is 0 Å². The molecule has 0 rings (SSSR count). The van der Waals surface area contributed by atoms with Gasteiger partial charge in [0.1, 0.15) is 12.7 Å². The largest absolute Gasteiger partial charge is 0.472 e. The van der Waals surface area contributed by atoms with Crippen LogP contribution in [-0.2, 0) is 32.7 Å². The lowest BCUT2D eigenvalue weighted by molar-refractivity contribution is -0.161. The van der Waals surface area contributed by atoms with E-state index in [1.165, 1.54) is 19.3 Å². The quantitative estimate of drug-likeness (QED) is 0.0156. The molecule has 318 valence electrons. The van der Waals surface area contributed by atoms with Crippen LogP contribution in [0, 0.1) is 0 Å². The van der Waals surface area contributed by atoms with Gasteiger partial charge in [0.2, 0.25) is 0 Å². The van der Waals surface area contributed by atoms with Gasteiger partial charge in [0, 0.05) is 12.8 Å². The van der Waals surface area contributed by atoms with Crippen LogP contribution in [0.25, 0.3) is 0 Å². The molecule has 0 aliphatic carbocycles. The third kappa shape index (κ3) is 37.8. The minimum absolute atomic E-state index is 0.105. The van der Waals surface area contributed by atoms with Crippen molar-refractivity contribution in [3.8, 4) is 0 Å². The van der Waals surface area contributed by atoms with Crippen molar-refractivity contribution in [1.82, 2.24) is 0 Å². The molecule has 4 N–H and O–H groups in total. The summed E-state index contributed by atoms with van der Waals surface area (Å²) in [5, 5.41) is 28.3. The average molecular weight is 807 g/mol. The van der Waals surface area contributed by atoms with Crippen molar-refractivity contribution >= 4 is 19.8 Å². The van der Waals surface area contributed by atoms with E-state index in [2.05, 4.69) is 67.0 Å². The Bertz CT molecular complexity index is 1270. The van der Waals surface area contributed by atoms with Gasteiger partial charge >= 0.3 is 19.8 Å². The third-order valence-corrected chi connectivity index (χ3v) is 8.75. The zero-order valence-electron chi connectivity index (χ0n) is 33.9. The maximum atomic E-state index is 12.6.